The summed E-state index contributed by atoms with van der Waals surface area (Å²) >= 11 is 0. The predicted molar refractivity (Wildman–Crippen MR) is 154 cm³/mol. The van der Waals surface area contributed by atoms with Crippen LogP contribution in [0.5, 0.6) is 11.5 Å². The van der Waals surface area contributed by atoms with Crippen molar-refractivity contribution in [2.24, 2.45) is 0 Å². The van der Waals surface area contributed by atoms with Gasteiger partial charge in [0.25, 0.3) is 0 Å². The van der Waals surface area contributed by atoms with E-state index in [9.17, 15) is 27.9 Å². The van der Waals surface area contributed by atoms with Crippen molar-refractivity contribution in [1.82, 2.24) is 9.71 Å². The zero-order chi connectivity index (χ0) is 30.4. The summed E-state index contributed by atoms with van der Waals surface area (Å²) in [5.74, 6) is -2.79. The number of sulfonamides is 1. The lowest BCUT2D eigenvalue weighted by Gasteiger charge is -2.25. The molecule has 1 unspecified atom stereocenters. The summed E-state index contributed by atoms with van der Waals surface area (Å²) in [6, 6.07) is 15.5. The Balaban J connectivity index is 1.73. The Morgan fingerprint density at radius 1 is 1.02 bits per heavy atom. The molecule has 0 saturated carbocycles. The highest BCUT2D eigenvalue weighted by atomic mass is 32.2. The summed E-state index contributed by atoms with van der Waals surface area (Å²) in [5.41, 5.74) is 1.10. The monoisotopic (exact) mass is 595 g/mol. The number of H-pyrrole nitrogens is 1. The Hall–Kier alpha value is -4.88. The topological polar surface area (TPSA) is 175 Å². The fourth-order valence-electron chi connectivity index (χ4n) is 4.48. The molecule has 0 aliphatic rings. The number of aromatic nitrogens is 1. The van der Waals surface area contributed by atoms with Crippen molar-refractivity contribution >= 4 is 44.5 Å². The lowest BCUT2D eigenvalue weighted by atomic mass is 10.0. The number of hydrogen-bond donors (Lipinski definition) is 4. The summed E-state index contributed by atoms with van der Waals surface area (Å²) in [6.07, 6.45) is 1.30. The number of aliphatic carboxylic acids is 1. The molecule has 0 aliphatic heterocycles. The van der Waals surface area contributed by atoms with Gasteiger partial charge in [0.15, 0.2) is 6.61 Å². The molecule has 3 aromatic carbocycles. The molecule has 42 heavy (non-hydrogen) atoms. The van der Waals surface area contributed by atoms with Crippen LogP contribution in [0.15, 0.2) is 77.8 Å². The number of hydrogen-bond acceptors (Lipinski definition) is 7. The summed E-state index contributed by atoms with van der Waals surface area (Å²) in [6.45, 7) is 1.25. The van der Waals surface area contributed by atoms with Crippen molar-refractivity contribution < 1.29 is 42.5 Å². The van der Waals surface area contributed by atoms with Gasteiger partial charge in [-0.3, -0.25) is 4.79 Å². The number of nitrogens with zero attached hydrogens (tertiary/aromatic N) is 1. The lowest BCUT2D eigenvalue weighted by molar-refractivity contribution is -0.139. The lowest BCUT2D eigenvalue weighted by Crippen LogP contribution is -2.36. The van der Waals surface area contributed by atoms with Crippen LogP contribution in [0.1, 0.15) is 35.3 Å². The average molecular weight is 596 g/mol. The Bertz CT molecular complexity index is 1720. The highest BCUT2D eigenvalue weighted by Gasteiger charge is 2.28. The second-order valence-electron chi connectivity index (χ2n) is 9.16. The second-order valence-corrected chi connectivity index (χ2v) is 10.9. The van der Waals surface area contributed by atoms with Gasteiger partial charge in [-0.2, -0.15) is 0 Å². The molecule has 0 spiro atoms. The number of fused-ring (bicyclic) bond motifs is 1. The Morgan fingerprint density at radius 2 is 1.76 bits per heavy atom. The van der Waals surface area contributed by atoms with Crippen molar-refractivity contribution in [3.8, 4) is 11.5 Å². The van der Waals surface area contributed by atoms with E-state index >= 15 is 0 Å². The van der Waals surface area contributed by atoms with E-state index in [0.29, 0.717) is 11.4 Å². The van der Waals surface area contributed by atoms with E-state index in [1.807, 2.05) is 6.07 Å². The summed E-state index contributed by atoms with van der Waals surface area (Å²) in [7, 11) is -2.62. The number of aromatic carboxylic acids is 1. The van der Waals surface area contributed by atoms with Crippen LogP contribution in [0, 0.1) is 0 Å². The number of carbonyl (C=O) groups is 3. The Kier molecular flexibility index (Phi) is 9.13. The van der Waals surface area contributed by atoms with E-state index in [-0.39, 0.29) is 34.7 Å². The Morgan fingerprint density at radius 3 is 2.40 bits per heavy atom. The Labute approximate surface area is 241 Å². The van der Waals surface area contributed by atoms with Gasteiger partial charge in [-0.05, 0) is 55.0 Å². The first-order chi connectivity index (χ1) is 20.0. The van der Waals surface area contributed by atoms with E-state index in [1.54, 1.807) is 43.5 Å². The number of methoxy groups -OCH3 is 1. The molecule has 1 amide bonds. The zero-order valence-electron chi connectivity index (χ0n) is 22.7. The summed E-state index contributed by atoms with van der Waals surface area (Å²) in [5, 5.41) is 19.4. The van der Waals surface area contributed by atoms with Crippen LogP contribution in [0.3, 0.4) is 0 Å². The van der Waals surface area contributed by atoms with Crippen molar-refractivity contribution in [3.63, 3.8) is 0 Å². The van der Waals surface area contributed by atoms with Gasteiger partial charge in [0.05, 0.1) is 23.7 Å². The maximum atomic E-state index is 13.8. The number of anilines is 1. The van der Waals surface area contributed by atoms with Crippen molar-refractivity contribution in [2.45, 2.75) is 24.3 Å². The number of nitrogens with one attached hydrogen (secondary N) is 2. The van der Waals surface area contributed by atoms with Crippen LogP contribution >= 0.6 is 0 Å². The van der Waals surface area contributed by atoms with Crippen LogP contribution in [0.2, 0.25) is 0 Å². The molecule has 1 heterocycles. The SMILES string of the molecule is CCN(C(=O)CC(NS(=O)(=O)c1ccccc1)c1ccc(OCC(=O)O)c(C(=O)O)c1)c1c[nH]c2ccc(OC)cc12. The normalized spacial score (nSPS) is 12.0. The average Bonchev–Trinajstić information content (AvgIpc) is 3.39. The van der Waals surface area contributed by atoms with Gasteiger partial charge in [-0.1, -0.05) is 24.3 Å². The van der Waals surface area contributed by atoms with E-state index < -0.39 is 40.5 Å². The van der Waals surface area contributed by atoms with Crippen LogP contribution in [0.4, 0.5) is 5.69 Å². The maximum absolute atomic E-state index is 13.8. The highest BCUT2D eigenvalue weighted by molar-refractivity contribution is 7.89. The molecule has 0 bridgehead atoms. The van der Waals surface area contributed by atoms with Crippen LogP contribution in [-0.4, -0.2) is 61.7 Å². The minimum Gasteiger partial charge on any atom is -0.497 e. The summed E-state index contributed by atoms with van der Waals surface area (Å²) in [4.78, 5) is 41.3. The van der Waals surface area contributed by atoms with E-state index in [0.717, 1.165) is 17.0 Å². The standard InChI is InChI=1S/C29H29N3O9S/c1-3-32(25-16-30-23-11-10-19(40-2)14-21(23)25)27(33)15-24(31-42(38,39)20-7-5-4-6-8-20)18-9-12-26(41-17-28(34)35)22(13-18)29(36)37/h4-14,16,24,30-31H,3,15,17H2,1-2H3,(H,34,35)(H,36,37). The molecule has 0 aliphatic carbocycles. The third-order valence-corrected chi connectivity index (χ3v) is 7.98. The molecule has 4 N–H and O–H groups in total. The molecule has 0 radical (unpaired) electrons. The molecular formula is C29H29N3O9S. The van der Waals surface area contributed by atoms with Crippen molar-refractivity contribution in [3.05, 3.63) is 84.1 Å². The maximum Gasteiger partial charge on any atom is 0.341 e. The molecule has 4 aromatic rings. The van der Waals surface area contributed by atoms with E-state index in [1.165, 1.54) is 36.3 Å². The molecule has 0 fully saturated rings. The van der Waals surface area contributed by atoms with Gasteiger partial charge < -0.3 is 29.6 Å². The molecule has 220 valence electrons. The predicted octanol–water partition coefficient (Wildman–Crippen LogP) is 3.80. The number of aromatic amines is 1. The third kappa shape index (κ3) is 6.70. The first-order valence-corrected chi connectivity index (χ1v) is 14.3. The van der Waals surface area contributed by atoms with Crippen LogP contribution in [-0.2, 0) is 19.6 Å². The number of amides is 1. The smallest absolute Gasteiger partial charge is 0.341 e. The molecule has 13 heteroatoms. The van der Waals surface area contributed by atoms with Crippen LogP contribution < -0.4 is 19.1 Å². The van der Waals surface area contributed by atoms with Gasteiger partial charge in [0, 0.05) is 30.1 Å². The molecule has 1 atom stereocenters. The minimum absolute atomic E-state index is 0.0432. The van der Waals surface area contributed by atoms with Gasteiger partial charge >= 0.3 is 11.9 Å². The van der Waals surface area contributed by atoms with Crippen LogP contribution in [0.25, 0.3) is 10.9 Å². The zero-order valence-corrected chi connectivity index (χ0v) is 23.6. The number of carbonyl (C=O) groups excluding carboxylic acids is 1. The van der Waals surface area contributed by atoms with Crippen molar-refractivity contribution in [2.75, 3.05) is 25.2 Å². The molecule has 4 rings (SSSR count). The number of ether oxygens (including phenoxy) is 2. The second kappa shape index (κ2) is 12.7. The number of benzene rings is 3. The number of carboxylic acids is 2. The molecular weight excluding hydrogens is 566 g/mol. The summed E-state index contributed by atoms with van der Waals surface area (Å²) < 4.78 is 39.6. The molecule has 12 nitrogen and oxygen atoms in total. The van der Waals surface area contributed by atoms with Gasteiger partial charge in [-0.25, -0.2) is 22.7 Å². The van der Waals surface area contributed by atoms with Crippen molar-refractivity contribution in [1.29, 1.82) is 0 Å². The number of carboxylic acid groups (broad SMARTS) is 2. The van der Waals surface area contributed by atoms with E-state index in [4.69, 9.17) is 14.6 Å². The largest absolute Gasteiger partial charge is 0.497 e. The first-order valence-electron chi connectivity index (χ1n) is 12.8. The molecule has 1 aromatic heterocycles. The fraction of sp³-hybridized carbons (Fsp3) is 0.207. The minimum atomic E-state index is -4.15. The quantitative estimate of drug-likeness (QED) is 0.179. The van der Waals surface area contributed by atoms with E-state index in [2.05, 4.69) is 9.71 Å². The highest BCUT2D eigenvalue weighted by Crippen LogP contribution is 2.32. The third-order valence-electron chi connectivity index (χ3n) is 6.49. The number of rotatable bonds is 13. The van der Waals surface area contributed by atoms with Gasteiger partial charge in [0.2, 0.25) is 15.9 Å². The van der Waals surface area contributed by atoms with Gasteiger partial charge in [0.1, 0.15) is 17.1 Å². The fourth-order valence-corrected chi connectivity index (χ4v) is 5.73. The molecule has 0 saturated heterocycles. The first kappa shape index (κ1) is 30.1. The van der Waals surface area contributed by atoms with Gasteiger partial charge in [-0.15, -0.1) is 0 Å².